The molecule has 0 aromatic carbocycles. The summed E-state index contributed by atoms with van der Waals surface area (Å²) in [6.45, 7) is 0.0916. The highest BCUT2D eigenvalue weighted by Gasteiger charge is 2.27. The molecule has 1 heterocycles. The van der Waals surface area contributed by atoms with Crippen LogP contribution in [0.15, 0.2) is 0 Å². The quantitative estimate of drug-likeness (QED) is 0.442. The number of carbonyl (C=O) groups is 1. The van der Waals surface area contributed by atoms with E-state index in [1.165, 1.54) is 4.31 Å². The molecule has 0 saturated carbocycles. The number of aliphatic hydroxyl groups excluding tert-OH is 1. The number of hydrogen-bond donors (Lipinski definition) is 4. The van der Waals surface area contributed by atoms with E-state index in [1.807, 2.05) is 0 Å². The number of hydrogen-bond acceptors (Lipinski definition) is 5. The lowest BCUT2D eigenvalue weighted by Crippen LogP contribution is -2.50. The number of nitrogens with two attached hydrogens (primary N) is 1. The molecule has 8 nitrogen and oxygen atoms in total. The fraction of sp³-hybridized carbons (Fsp3) is 0.875. The Morgan fingerprint density at radius 3 is 2.47 bits per heavy atom. The van der Waals surface area contributed by atoms with Gasteiger partial charge in [0.15, 0.2) is 0 Å². The van der Waals surface area contributed by atoms with Crippen molar-refractivity contribution in [2.24, 2.45) is 5.73 Å². The summed E-state index contributed by atoms with van der Waals surface area (Å²) < 4.78 is 26.7. The zero-order valence-electron chi connectivity index (χ0n) is 9.24. The molecule has 5 N–H and O–H groups in total. The molecular formula is C8H17N3O5S. The van der Waals surface area contributed by atoms with Crippen LogP contribution in [0.3, 0.4) is 0 Å². The van der Waals surface area contributed by atoms with E-state index in [2.05, 4.69) is 4.72 Å². The molecule has 0 unspecified atom stereocenters. The first-order chi connectivity index (χ1) is 7.83. The topological polar surface area (TPSA) is 133 Å². The van der Waals surface area contributed by atoms with Crippen molar-refractivity contribution < 1.29 is 23.4 Å². The number of rotatable bonds is 5. The van der Waals surface area contributed by atoms with Gasteiger partial charge in [0.05, 0.1) is 6.10 Å². The summed E-state index contributed by atoms with van der Waals surface area (Å²) in [6, 6.07) is -1.26. The van der Waals surface area contributed by atoms with E-state index in [1.54, 1.807) is 0 Å². The summed E-state index contributed by atoms with van der Waals surface area (Å²) in [5.74, 6) is -1.26. The van der Waals surface area contributed by atoms with Crippen LogP contribution >= 0.6 is 0 Å². The molecule has 1 aliphatic rings. The van der Waals surface area contributed by atoms with Gasteiger partial charge < -0.3 is 15.9 Å². The van der Waals surface area contributed by atoms with E-state index in [4.69, 9.17) is 10.8 Å². The Bertz CT molecular complexity index is 363. The molecule has 100 valence electrons. The largest absolute Gasteiger partial charge is 0.480 e. The second kappa shape index (κ2) is 5.74. The summed E-state index contributed by atoms with van der Waals surface area (Å²) in [7, 11) is -3.71. The number of nitrogens with one attached hydrogen (secondary N) is 1. The monoisotopic (exact) mass is 267 g/mol. The number of nitrogens with zero attached hydrogens (tertiary/aromatic N) is 1. The third-order valence-electron chi connectivity index (χ3n) is 2.57. The van der Waals surface area contributed by atoms with Crippen molar-refractivity contribution >= 4 is 16.2 Å². The molecule has 0 amide bonds. The number of piperidine rings is 1. The number of carboxylic acids is 1. The van der Waals surface area contributed by atoms with Gasteiger partial charge >= 0.3 is 5.97 Å². The zero-order chi connectivity index (χ0) is 13.1. The molecular weight excluding hydrogens is 250 g/mol. The molecule has 9 heteroatoms. The van der Waals surface area contributed by atoms with E-state index < -0.39 is 28.3 Å². The first kappa shape index (κ1) is 14.3. The lowest BCUT2D eigenvalue weighted by Gasteiger charge is -2.28. The maximum atomic E-state index is 11.7. The molecule has 17 heavy (non-hydrogen) atoms. The Balaban J connectivity index is 2.48. The summed E-state index contributed by atoms with van der Waals surface area (Å²) in [5.41, 5.74) is 5.19. The molecule has 1 rings (SSSR count). The summed E-state index contributed by atoms with van der Waals surface area (Å²) in [5, 5.41) is 17.8. The van der Waals surface area contributed by atoms with E-state index in [0.717, 1.165) is 0 Å². The smallest absolute Gasteiger partial charge is 0.321 e. The second-order valence-electron chi connectivity index (χ2n) is 3.93. The number of carboxylic acid groups (broad SMARTS) is 1. The SMILES string of the molecule is N[C@@H](CNS(=O)(=O)N1CCC(O)CC1)C(=O)O. The van der Waals surface area contributed by atoms with Gasteiger partial charge in [-0.15, -0.1) is 0 Å². The van der Waals surface area contributed by atoms with E-state index in [-0.39, 0.29) is 19.6 Å². The Morgan fingerprint density at radius 2 is 2.00 bits per heavy atom. The predicted molar refractivity (Wildman–Crippen MR) is 59.3 cm³/mol. The summed E-state index contributed by atoms with van der Waals surface area (Å²) in [6.07, 6.45) is 0.292. The van der Waals surface area contributed by atoms with Crippen LogP contribution in [0, 0.1) is 0 Å². The molecule has 0 spiro atoms. The number of aliphatic hydroxyl groups is 1. The highest BCUT2D eigenvalue weighted by molar-refractivity contribution is 7.87. The molecule has 1 aliphatic heterocycles. The van der Waals surface area contributed by atoms with Gasteiger partial charge in [0.1, 0.15) is 6.04 Å². The van der Waals surface area contributed by atoms with Gasteiger partial charge in [0.25, 0.3) is 10.2 Å². The van der Waals surface area contributed by atoms with Gasteiger partial charge in [0, 0.05) is 19.6 Å². The van der Waals surface area contributed by atoms with Crippen molar-refractivity contribution in [1.29, 1.82) is 0 Å². The van der Waals surface area contributed by atoms with Crippen molar-refractivity contribution in [3.63, 3.8) is 0 Å². The van der Waals surface area contributed by atoms with E-state index in [9.17, 15) is 18.3 Å². The van der Waals surface area contributed by atoms with Gasteiger partial charge in [-0.1, -0.05) is 0 Å². The molecule has 1 saturated heterocycles. The molecule has 1 atom stereocenters. The molecule has 1 fully saturated rings. The molecule has 0 aliphatic carbocycles. The van der Waals surface area contributed by atoms with Crippen LogP contribution < -0.4 is 10.5 Å². The minimum absolute atomic E-state index is 0.221. The fourth-order valence-corrected chi connectivity index (χ4v) is 2.72. The van der Waals surface area contributed by atoms with Gasteiger partial charge in [-0.2, -0.15) is 17.4 Å². The predicted octanol–water partition coefficient (Wildman–Crippen LogP) is -2.31. The highest BCUT2D eigenvalue weighted by Crippen LogP contribution is 2.12. The van der Waals surface area contributed by atoms with Crippen LogP contribution in [-0.2, 0) is 15.0 Å². The first-order valence-corrected chi connectivity index (χ1v) is 6.68. The minimum Gasteiger partial charge on any atom is -0.480 e. The van der Waals surface area contributed by atoms with Crippen molar-refractivity contribution in [2.75, 3.05) is 19.6 Å². The van der Waals surface area contributed by atoms with Gasteiger partial charge in [-0.05, 0) is 12.8 Å². The van der Waals surface area contributed by atoms with E-state index in [0.29, 0.717) is 12.8 Å². The molecule has 0 radical (unpaired) electrons. The third-order valence-corrected chi connectivity index (χ3v) is 4.14. The van der Waals surface area contributed by atoms with Crippen LogP contribution in [0.4, 0.5) is 0 Å². The van der Waals surface area contributed by atoms with Gasteiger partial charge in [-0.3, -0.25) is 4.79 Å². The van der Waals surface area contributed by atoms with Crippen molar-refractivity contribution in [3.8, 4) is 0 Å². The lowest BCUT2D eigenvalue weighted by atomic mass is 10.1. The van der Waals surface area contributed by atoms with Gasteiger partial charge in [0.2, 0.25) is 0 Å². The highest BCUT2D eigenvalue weighted by atomic mass is 32.2. The first-order valence-electron chi connectivity index (χ1n) is 5.24. The van der Waals surface area contributed by atoms with Gasteiger partial charge in [-0.25, -0.2) is 0 Å². The van der Waals surface area contributed by atoms with Crippen LogP contribution in [0.2, 0.25) is 0 Å². The molecule has 0 aromatic rings. The molecule has 0 aromatic heterocycles. The Labute approximate surface area is 99.6 Å². The normalized spacial score (nSPS) is 21.3. The van der Waals surface area contributed by atoms with Crippen molar-refractivity contribution in [2.45, 2.75) is 25.0 Å². The van der Waals surface area contributed by atoms with Crippen LogP contribution in [0.25, 0.3) is 0 Å². The average Bonchev–Trinajstić information content (AvgIpc) is 2.26. The zero-order valence-corrected chi connectivity index (χ0v) is 10.1. The van der Waals surface area contributed by atoms with Crippen molar-refractivity contribution in [3.05, 3.63) is 0 Å². The van der Waals surface area contributed by atoms with Crippen LogP contribution in [0.1, 0.15) is 12.8 Å². The van der Waals surface area contributed by atoms with Crippen LogP contribution in [0.5, 0.6) is 0 Å². The fourth-order valence-electron chi connectivity index (χ4n) is 1.46. The van der Waals surface area contributed by atoms with Crippen molar-refractivity contribution in [1.82, 2.24) is 9.03 Å². The average molecular weight is 267 g/mol. The van der Waals surface area contributed by atoms with E-state index >= 15 is 0 Å². The Hall–Kier alpha value is -0.740. The lowest BCUT2D eigenvalue weighted by molar-refractivity contribution is -0.138. The molecule has 0 bridgehead atoms. The maximum absolute atomic E-state index is 11.7. The third kappa shape index (κ3) is 4.21. The maximum Gasteiger partial charge on any atom is 0.321 e. The summed E-state index contributed by atoms with van der Waals surface area (Å²) >= 11 is 0. The number of aliphatic carboxylic acids is 1. The Morgan fingerprint density at radius 1 is 1.47 bits per heavy atom. The minimum atomic E-state index is -3.71. The van der Waals surface area contributed by atoms with Crippen LogP contribution in [-0.4, -0.2) is 60.7 Å². The summed E-state index contributed by atoms with van der Waals surface area (Å²) in [4.78, 5) is 10.4. The standard InChI is InChI=1S/C8H17N3O5S/c9-7(8(13)14)5-10-17(15,16)11-3-1-6(12)2-4-11/h6-7,10,12H,1-5,9H2,(H,13,14)/t7-/m0/s1. The second-order valence-corrected chi connectivity index (χ2v) is 5.68. The Kier molecular flexibility index (Phi) is 4.83.